The summed E-state index contributed by atoms with van der Waals surface area (Å²) < 4.78 is 0. The summed E-state index contributed by atoms with van der Waals surface area (Å²) in [5.74, 6) is -0.254. The second-order valence-corrected chi connectivity index (χ2v) is 5.64. The first kappa shape index (κ1) is 15.1. The van der Waals surface area contributed by atoms with Crippen molar-refractivity contribution in [3.8, 4) is 0 Å². The van der Waals surface area contributed by atoms with Gasteiger partial charge in [-0.25, -0.2) is 0 Å². The van der Waals surface area contributed by atoms with E-state index < -0.39 is 12.1 Å². The molecule has 1 aromatic carbocycles. The fraction of sp³-hybridized carbons (Fsp3) is 0.429. The summed E-state index contributed by atoms with van der Waals surface area (Å²) in [7, 11) is 0. The number of benzene rings is 1. The molecule has 0 radical (unpaired) electrons. The molecule has 0 bridgehead atoms. The minimum absolute atomic E-state index is 0.118. The van der Waals surface area contributed by atoms with Crippen molar-refractivity contribution < 1.29 is 9.59 Å². The SMILES string of the molecule is CCC1C(=O)NC(C)C(=O)N1Cc1c(Cl)cccc1Cl. The van der Waals surface area contributed by atoms with Crippen molar-refractivity contribution in [3.05, 3.63) is 33.8 Å². The van der Waals surface area contributed by atoms with Crippen molar-refractivity contribution in [2.75, 3.05) is 0 Å². The molecule has 2 atom stereocenters. The maximum absolute atomic E-state index is 12.3. The highest BCUT2D eigenvalue weighted by Crippen LogP contribution is 2.27. The third-order valence-electron chi connectivity index (χ3n) is 3.47. The molecule has 2 unspecified atom stereocenters. The summed E-state index contributed by atoms with van der Waals surface area (Å²) in [6.07, 6.45) is 0.548. The summed E-state index contributed by atoms with van der Waals surface area (Å²) in [6, 6.07) is 4.19. The van der Waals surface area contributed by atoms with E-state index in [1.54, 1.807) is 30.0 Å². The Balaban J connectivity index is 2.33. The Morgan fingerprint density at radius 3 is 2.40 bits per heavy atom. The maximum Gasteiger partial charge on any atom is 0.245 e. The first-order valence-electron chi connectivity index (χ1n) is 6.49. The lowest BCUT2D eigenvalue weighted by Crippen LogP contribution is -2.61. The zero-order chi connectivity index (χ0) is 14.9. The molecule has 1 aliphatic heterocycles. The van der Waals surface area contributed by atoms with E-state index in [-0.39, 0.29) is 18.4 Å². The predicted molar refractivity (Wildman–Crippen MR) is 78.7 cm³/mol. The summed E-state index contributed by atoms with van der Waals surface area (Å²) in [4.78, 5) is 25.8. The van der Waals surface area contributed by atoms with Crippen LogP contribution in [0.1, 0.15) is 25.8 Å². The van der Waals surface area contributed by atoms with Crippen molar-refractivity contribution in [3.63, 3.8) is 0 Å². The molecule has 1 aliphatic rings. The van der Waals surface area contributed by atoms with E-state index in [0.717, 1.165) is 0 Å². The summed E-state index contributed by atoms with van der Waals surface area (Å²) in [5, 5.41) is 3.68. The molecule has 0 saturated carbocycles. The van der Waals surface area contributed by atoms with Crippen LogP contribution in [0.3, 0.4) is 0 Å². The van der Waals surface area contributed by atoms with E-state index in [1.807, 2.05) is 6.92 Å². The molecule has 1 aromatic rings. The molecule has 1 fully saturated rings. The van der Waals surface area contributed by atoms with E-state index in [1.165, 1.54) is 0 Å². The van der Waals surface area contributed by atoms with Gasteiger partial charge in [0, 0.05) is 22.2 Å². The Morgan fingerprint density at radius 2 is 1.85 bits per heavy atom. The smallest absolute Gasteiger partial charge is 0.245 e. The molecular weight excluding hydrogens is 299 g/mol. The van der Waals surface area contributed by atoms with Gasteiger partial charge in [-0.15, -0.1) is 0 Å². The lowest BCUT2D eigenvalue weighted by atomic mass is 10.0. The molecular formula is C14H16Cl2N2O2. The van der Waals surface area contributed by atoms with Gasteiger partial charge in [-0.1, -0.05) is 36.2 Å². The highest BCUT2D eigenvalue weighted by molar-refractivity contribution is 6.36. The standard InChI is InChI=1S/C14H16Cl2N2O2/c1-3-12-13(19)17-8(2)14(20)18(12)7-9-10(15)5-4-6-11(9)16/h4-6,8,12H,3,7H2,1-2H3,(H,17,19). The Labute approximate surface area is 128 Å². The van der Waals surface area contributed by atoms with Crippen molar-refractivity contribution in [2.24, 2.45) is 0 Å². The van der Waals surface area contributed by atoms with Gasteiger partial charge in [0.05, 0.1) is 0 Å². The number of amides is 2. The zero-order valence-electron chi connectivity index (χ0n) is 11.3. The second kappa shape index (κ2) is 6.02. The van der Waals surface area contributed by atoms with Crippen LogP contribution in [-0.4, -0.2) is 28.8 Å². The van der Waals surface area contributed by atoms with E-state index in [2.05, 4.69) is 5.32 Å². The van der Waals surface area contributed by atoms with Crippen molar-refractivity contribution in [1.82, 2.24) is 10.2 Å². The number of nitrogens with one attached hydrogen (secondary N) is 1. The Kier molecular flexibility index (Phi) is 4.55. The van der Waals surface area contributed by atoms with Crippen molar-refractivity contribution in [2.45, 2.75) is 38.9 Å². The van der Waals surface area contributed by atoms with Gasteiger partial charge in [0.2, 0.25) is 11.8 Å². The number of hydrogen-bond donors (Lipinski definition) is 1. The normalized spacial score (nSPS) is 22.9. The lowest BCUT2D eigenvalue weighted by molar-refractivity contribution is -0.149. The number of nitrogens with zero attached hydrogens (tertiary/aromatic N) is 1. The highest BCUT2D eigenvalue weighted by atomic mass is 35.5. The molecule has 1 N–H and O–H groups in total. The monoisotopic (exact) mass is 314 g/mol. The average molecular weight is 315 g/mol. The Hall–Kier alpha value is -1.26. The highest BCUT2D eigenvalue weighted by Gasteiger charge is 2.37. The first-order chi connectivity index (χ1) is 9.45. The van der Waals surface area contributed by atoms with E-state index >= 15 is 0 Å². The molecule has 0 aliphatic carbocycles. The molecule has 1 saturated heterocycles. The van der Waals surface area contributed by atoms with Crippen LogP contribution in [0.4, 0.5) is 0 Å². The number of piperazine rings is 1. The number of carbonyl (C=O) groups excluding carboxylic acids is 2. The van der Waals surface area contributed by atoms with Crippen LogP contribution >= 0.6 is 23.2 Å². The lowest BCUT2D eigenvalue weighted by Gasteiger charge is -2.37. The van der Waals surface area contributed by atoms with Gasteiger partial charge in [-0.2, -0.15) is 0 Å². The maximum atomic E-state index is 12.3. The quantitative estimate of drug-likeness (QED) is 0.932. The topological polar surface area (TPSA) is 49.4 Å². The number of rotatable bonds is 3. The summed E-state index contributed by atoms with van der Waals surface area (Å²) >= 11 is 12.3. The zero-order valence-corrected chi connectivity index (χ0v) is 12.8. The largest absolute Gasteiger partial charge is 0.343 e. The second-order valence-electron chi connectivity index (χ2n) is 4.82. The molecule has 6 heteroatoms. The average Bonchev–Trinajstić information content (AvgIpc) is 2.39. The van der Waals surface area contributed by atoms with E-state index in [0.29, 0.717) is 22.0 Å². The fourth-order valence-electron chi connectivity index (χ4n) is 2.36. The molecule has 0 aromatic heterocycles. The van der Waals surface area contributed by atoms with E-state index in [9.17, 15) is 9.59 Å². The Bertz CT molecular complexity index is 528. The van der Waals surface area contributed by atoms with Gasteiger partial charge in [0.1, 0.15) is 12.1 Å². The third-order valence-corrected chi connectivity index (χ3v) is 4.18. The number of hydrogen-bond acceptors (Lipinski definition) is 2. The fourth-order valence-corrected chi connectivity index (χ4v) is 2.88. The minimum Gasteiger partial charge on any atom is -0.343 e. The van der Waals surface area contributed by atoms with Gasteiger partial charge in [-0.3, -0.25) is 9.59 Å². The van der Waals surface area contributed by atoms with Gasteiger partial charge in [0.15, 0.2) is 0 Å². The van der Waals surface area contributed by atoms with Crippen LogP contribution in [0.25, 0.3) is 0 Å². The first-order valence-corrected chi connectivity index (χ1v) is 7.25. The number of halogens is 2. The van der Waals surface area contributed by atoms with Crippen LogP contribution in [0.5, 0.6) is 0 Å². The molecule has 0 spiro atoms. The van der Waals surface area contributed by atoms with Crippen LogP contribution in [0.2, 0.25) is 10.0 Å². The van der Waals surface area contributed by atoms with Crippen LogP contribution in [0.15, 0.2) is 18.2 Å². The molecule has 2 amide bonds. The van der Waals surface area contributed by atoms with Gasteiger partial charge >= 0.3 is 0 Å². The minimum atomic E-state index is -0.522. The summed E-state index contributed by atoms with van der Waals surface area (Å²) in [6.45, 7) is 3.79. The van der Waals surface area contributed by atoms with Gasteiger partial charge in [-0.05, 0) is 25.5 Å². The van der Waals surface area contributed by atoms with Gasteiger partial charge < -0.3 is 10.2 Å². The van der Waals surface area contributed by atoms with Crippen LogP contribution in [0, 0.1) is 0 Å². The van der Waals surface area contributed by atoms with Gasteiger partial charge in [0.25, 0.3) is 0 Å². The molecule has 20 heavy (non-hydrogen) atoms. The molecule has 2 rings (SSSR count). The van der Waals surface area contributed by atoms with E-state index in [4.69, 9.17) is 23.2 Å². The van der Waals surface area contributed by atoms with Crippen molar-refractivity contribution >= 4 is 35.0 Å². The molecule has 108 valence electrons. The number of carbonyl (C=O) groups is 2. The van der Waals surface area contributed by atoms with Crippen LogP contribution in [-0.2, 0) is 16.1 Å². The summed E-state index contributed by atoms with van der Waals surface area (Å²) in [5.41, 5.74) is 0.671. The molecule has 4 nitrogen and oxygen atoms in total. The van der Waals surface area contributed by atoms with Crippen molar-refractivity contribution in [1.29, 1.82) is 0 Å². The predicted octanol–water partition coefficient (Wildman–Crippen LogP) is 2.62. The third kappa shape index (κ3) is 2.76. The Morgan fingerprint density at radius 1 is 1.25 bits per heavy atom. The van der Waals surface area contributed by atoms with Crippen LogP contribution < -0.4 is 5.32 Å². The molecule has 1 heterocycles.